The van der Waals surface area contributed by atoms with E-state index < -0.39 is 34.1 Å². The summed E-state index contributed by atoms with van der Waals surface area (Å²) < 4.78 is 62.8. The lowest BCUT2D eigenvalue weighted by Gasteiger charge is -2.19. The van der Waals surface area contributed by atoms with Gasteiger partial charge in [0.1, 0.15) is 5.37 Å². The molecule has 3 N–H and O–H groups in total. The maximum absolute atomic E-state index is 12.3. The number of rotatable bonds is 5. The third kappa shape index (κ3) is 4.55. The highest BCUT2D eigenvalue weighted by atomic mass is 32.2. The minimum Gasteiger partial charge on any atom is -0.307 e. The molecule has 10 heteroatoms. The first-order valence-corrected chi connectivity index (χ1v) is 10.4. The van der Waals surface area contributed by atoms with Crippen LogP contribution in [0.4, 0.5) is 23.7 Å². The third-order valence-corrected chi connectivity index (χ3v) is 6.57. The maximum atomic E-state index is 12.3. The first kappa shape index (κ1) is 19.9. The Morgan fingerprint density at radius 2 is 1.67 bits per heavy atom. The van der Waals surface area contributed by atoms with Crippen LogP contribution in [-0.4, -0.2) is 32.5 Å². The number of carbonyl (C=O) groups excluding carboxylic acids is 1. The lowest BCUT2D eigenvalue weighted by Crippen LogP contribution is -2.47. The SMILES string of the molecule is CC(NCC(F)(F)F)S(=O)(=O)NC(=O)Nc1c2c(cc3c1CCC3)CCC2. The van der Waals surface area contributed by atoms with Gasteiger partial charge in [-0.25, -0.2) is 17.9 Å². The molecule has 0 aromatic heterocycles. The van der Waals surface area contributed by atoms with Crippen molar-refractivity contribution < 1.29 is 26.4 Å². The van der Waals surface area contributed by atoms with Gasteiger partial charge in [-0.15, -0.1) is 0 Å². The van der Waals surface area contributed by atoms with Crippen molar-refractivity contribution in [1.82, 2.24) is 10.0 Å². The fraction of sp³-hybridized carbons (Fsp3) is 0.588. The number of aryl methyl sites for hydroxylation is 2. The highest BCUT2D eigenvalue weighted by Gasteiger charge is 2.32. The van der Waals surface area contributed by atoms with Crippen molar-refractivity contribution in [2.45, 2.75) is 57.0 Å². The smallest absolute Gasteiger partial charge is 0.307 e. The van der Waals surface area contributed by atoms with Crippen molar-refractivity contribution in [2.24, 2.45) is 0 Å². The van der Waals surface area contributed by atoms with Crippen LogP contribution < -0.4 is 15.4 Å². The number of carbonyl (C=O) groups is 1. The zero-order chi connectivity index (χ0) is 19.8. The first-order valence-electron chi connectivity index (χ1n) is 8.86. The number of amides is 2. The van der Waals surface area contributed by atoms with E-state index in [0.29, 0.717) is 5.69 Å². The van der Waals surface area contributed by atoms with E-state index in [1.807, 2.05) is 10.0 Å². The molecule has 0 saturated carbocycles. The molecule has 0 saturated heterocycles. The molecule has 1 aromatic rings. The van der Waals surface area contributed by atoms with E-state index in [9.17, 15) is 26.4 Å². The van der Waals surface area contributed by atoms with Gasteiger partial charge >= 0.3 is 12.2 Å². The molecular weight excluding hydrogens is 383 g/mol. The van der Waals surface area contributed by atoms with Gasteiger partial charge in [-0.05, 0) is 67.7 Å². The van der Waals surface area contributed by atoms with Crippen molar-refractivity contribution in [3.05, 3.63) is 28.3 Å². The van der Waals surface area contributed by atoms with Gasteiger partial charge in [0.15, 0.2) is 0 Å². The molecule has 2 aliphatic carbocycles. The third-order valence-electron chi connectivity index (χ3n) is 5.00. The second-order valence-corrected chi connectivity index (χ2v) is 8.97. The van der Waals surface area contributed by atoms with E-state index in [4.69, 9.17) is 0 Å². The fourth-order valence-electron chi connectivity index (χ4n) is 3.69. The Morgan fingerprint density at radius 3 is 2.19 bits per heavy atom. The van der Waals surface area contributed by atoms with E-state index >= 15 is 0 Å². The molecule has 2 amide bonds. The van der Waals surface area contributed by atoms with E-state index in [0.717, 1.165) is 56.6 Å². The van der Waals surface area contributed by atoms with E-state index in [-0.39, 0.29) is 0 Å². The number of fused-ring (bicyclic) bond motifs is 2. The highest BCUT2D eigenvalue weighted by Crippen LogP contribution is 2.38. The highest BCUT2D eigenvalue weighted by molar-refractivity contribution is 7.90. The summed E-state index contributed by atoms with van der Waals surface area (Å²) in [5, 5.41) is 2.93. The molecule has 0 spiro atoms. The van der Waals surface area contributed by atoms with Gasteiger partial charge in [-0.2, -0.15) is 13.2 Å². The van der Waals surface area contributed by atoms with Crippen LogP contribution in [0.25, 0.3) is 0 Å². The molecule has 0 fully saturated rings. The number of anilines is 1. The number of nitrogens with one attached hydrogen (secondary N) is 3. The molecule has 0 radical (unpaired) electrons. The molecule has 0 bridgehead atoms. The normalized spacial score (nSPS) is 17.3. The summed E-state index contributed by atoms with van der Waals surface area (Å²) in [5.74, 6) is 0. The molecule has 0 aliphatic heterocycles. The van der Waals surface area contributed by atoms with E-state index in [1.54, 1.807) is 0 Å². The lowest BCUT2D eigenvalue weighted by atomic mass is 9.99. The molecule has 2 aliphatic rings. The molecule has 27 heavy (non-hydrogen) atoms. The van der Waals surface area contributed by atoms with E-state index in [1.165, 1.54) is 11.1 Å². The number of hydrogen-bond donors (Lipinski definition) is 3. The molecule has 0 heterocycles. The Labute approximate surface area is 156 Å². The van der Waals surface area contributed by atoms with Crippen LogP contribution in [0.15, 0.2) is 6.07 Å². The van der Waals surface area contributed by atoms with Crippen LogP contribution in [0, 0.1) is 0 Å². The summed E-state index contributed by atoms with van der Waals surface area (Å²) in [6.07, 6.45) is 0.891. The summed E-state index contributed by atoms with van der Waals surface area (Å²) in [5.41, 5.74) is 5.09. The average molecular weight is 405 g/mol. The second kappa shape index (κ2) is 7.31. The van der Waals surface area contributed by atoms with Crippen molar-refractivity contribution in [1.29, 1.82) is 0 Å². The van der Waals surface area contributed by atoms with Crippen LogP contribution in [0.3, 0.4) is 0 Å². The van der Waals surface area contributed by atoms with Gasteiger partial charge in [-0.3, -0.25) is 5.32 Å². The summed E-state index contributed by atoms with van der Waals surface area (Å²) in [6, 6.07) is 1.22. The Kier molecular flexibility index (Phi) is 5.40. The first-order chi connectivity index (χ1) is 12.6. The summed E-state index contributed by atoms with van der Waals surface area (Å²) in [6.45, 7) is -0.407. The van der Waals surface area contributed by atoms with Gasteiger partial charge < -0.3 is 5.32 Å². The molecule has 1 unspecified atom stereocenters. The molecule has 1 aromatic carbocycles. The topological polar surface area (TPSA) is 87.3 Å². The maximum Gasteiger partial charge on any atom is 0.401 e. The summed E-state index contributed by atoms with van der Waals surface area (Å²) in [7, 11) is -4.30. The number of sulfonamides is 1. The minimum atomic E-state index is -4.54. The predicted molar refractivity (Wildman–Crippen MR) is 95.1 cm³/mol. The number of urea groups is 1. The van der Waals surface area contributed by atoms with Crippen molar-refractivity contribution >= 4 is 21.7 Å². The standard InChI is InChI=1S/C17H22F3N3O3S/c1-10(21-9-17(18,19)20)27(25,26)23-16(24)22-15-13-6-2-4-11(13)8-12-5-3-7-14(12)15/h8,10,21H,2-7,9H2,1H3,(H2,22,23,24). The van der Waals surface area contributed by atoms with Gasteiger partial charge in [0, 0.05) is 5.69 Å². The van der Waals surface area contributed by atoms with E-state index in [2.05, 4.69) is 11.4 Å². The van der Waals surface area contributed by atoms with Crippen LogP contribution in [0.2, 0.25) is 0 Å². The molecule has 150 valence electrons. The number of alkyl halides is 3. The molecular formula is C17H22F3N3O3S. The molecule has 6 nitrogen and oxygen atoms in total. The van der Waals surface area contributed by atoms with Crippen molar-refractivity contribution in [3.8, 4) is 0 Å². The van der Waals surface area contributed by atoms with Crippen molar-refractivity contribution in [3.63, 3.8) is 0 Å². The number of hydrogen-bond acceptors (Lipinski definition) is 4. The quantitative estimate of drug-likeness (QED) is 0.703. The van der Waals surface area contributed by atoms with Crippen LogP contribution in [0.5, 0.6) is 0 Å². The fourth-order valence-corrected chi connectivity index (χ4v) is 4.48. The molecule has 3 rings (SSSR count). The zero-order valence-electron chi connectivity index (χ0n) is 14.9. The Morgan fingerprint density at radius 1 is 1.11 bits per heavy atom. The van der Waals surface area contributed by atoms with Crippen LogP contribution in [0.1, 0.15) is 42.0 Å². The molecule has 1 atom stereocenters. The minimum absolute atomic E-state index is 0.668. The lowest BCUT2D eigenvalue weighted by molar-refractivity contribution is -0.125. The second-order valence-electron chi connectivity index (χ2n) is 6.97. The van der Waals surface area contributed by atoms with Gasteiger partial charge in [0.25, 0.3) is 10.0 Å². The van der Waals surface area contributed by atoms with Gasteiger partial charge in [0.2, 0.25) is 0 Å². The Hall–Kier alpha value is -1.81. The average Bonchev–Trinajstić information content (AvgIpc) is 3.19. The number of halogens is 3. The van der Waals surface area contributed by atoms with Crippen molar-refractivity contribution in [2.75, 3.05) is 11.9 Å². The predicted octanol–water partition coefficient (Wildman–Crippen LogP) is 2.61. The van der Waals surface area contributed by atoms with Gasteiger partial charge in [0.05, 0.1) is 6.54 Å². The number of benzene rings is 1. The van der Waals surface area contributed by atoms with Gasteiger partial charge in [-0.1, -0.05) is 6.07 Å². The van der Waals surface area contributed by atoms with Crippen LogP contribution in [-0.2, 0) is 35.7 Å². The van der Waals surface area contributed by atoms with Crippen LogP contribution >= 0.6 is 0 Å². The Bertz CT molecular complexity index is 821. The summed E-state index contributed by atoms with van der Waals surface area (Å²) >= 11 is 0. The zero-order valence-corrected chi connectivity index (χ0v) is 15.7. The Balaban J connectivity index is 1.72. The largest absolute Gasteiger partial charge is 0.401 e. The monoisotopic (exact) mass is 405 g/mol. The summed E-state index contributed by atoms with van der Waals surface area (Å²) in [4.78, 5) is 12.3.